The summed E-state index contributed by atoms with van der Waals surface area (Å²) in [7, 11) is 0. The number of phenols is 1. The molecule has 0 fully saturated rings. The first-order valence-electron chi connectivity index (χ1n) is 5.43. The molecule has 0 atom stereocenters. The lowest BCUT2D eigenvalue weighted by Crippen LogP contribution is -2.14. The van der Waals surface area contributed by atoms with Crippen molar-refractivity contribution in [3.8, 4) is 5.75 Å². The van der Waals surface area contributed by atoms with E-state index in [2.05, 4.69) is 5.32 Å². The third-order valence-corrected chi connectivity index (χ3v) is 2.53. The lowest BCUT2D eigenvalue weighted by atomic mass is 10.1. The molecule has 0 bridgehead atoms. The van der Waals surface area contributed by atoms with E-state index in [1.807, 2.05) is 0 Å². The average Bonchev–Trinajstić information content (AvgIpc) is 2.38. The van der Waals surface area contributed by atoms with Crippen LogP contribution in [0.1, 0.15) is 10.4 Å². The van der Waals surface area contributed by atoms with E-state index in [1.54, 1.807) is 0 Å². The smallest absolute Gasteiger partial charge is 0.255 e. The highest BCUT2D eigenvalue weighted by atomic mass is 19.2. The minimum Gasteiger partial charge on any atom is -0.508 e. The number of nitrogens with two attached hydrogens (primary N) is 1. The Morgan fingerprint density at radius 2 is 1.70 bits per heavy atom. The van der Waals surface area contributed by atoms with Gasteiger partial charge in [0.05, 0.1) is 11.4 Å². The Morgan fingerprint density at radius 1 is 1.10 bits per heavy atom. The van der Waals surface area contributed by atoms with Crippen molar-refractivity contribution < 1.29 is 23.1 Å². The number of benzene rings is 2. The number of hydrogen-bond acceptors (Lipinski definition) is 3. The van der Waals surface area contributed by atoms with Gasteiger partial charge >= 0.3 is 0 Å². The highest BCUT2D eigenvalue weighted by Crippen LogP contribution is 2.24. The van der Waals surface area contributed by atoms with Crippen molar-refractivity contribution >= 4 is 17.3 Å². The number of nitrogens with one attached hydrogen (secondary N) is 1. The molecule has 0 spiro atoms. The van der Waals surface area contributed by atoms with Crippen molar-refractivity contribution in [1.82, 2.24) is 0 Å². The molecule has 0 radical (unpaired) electrons. The maximum atomic E-state index is 13.0. The number of aromatic hydroxyl groups is 1. The zero-order valence-electron chi connectivity index (χ0n) is 9.95. The van der Waals surface area contributed by atoms with Gasteiger partial charge in [-0.15, -0.1) is 0 Å². The van der Waals surface area contributed by atoms with Crippen molar-refractivity contribution in [3.63, 3.8) is 0 Å². The first kappa shape index (κ1) is 13.7. The minimum absolute atomic E-state index is 0.0707. The molecule has 2 aromatic carbocycles. The van der Waals surface area contributed by atoms with Gasteiger partial charge in [-0.1, -0.05) is 0 Å². The molecule has 0 saturated heterocycles. The summed E-state index contributed by atoms with van der Waals surface area (Å²) < 4.78 is 38.8. The molecular formula is C13H9F3N2O2. The van der Waals surface area contributed by atoms with E-state index in [1.165, 1.54) is 18.2 Å². The molecule has 7 heteroatoms. The Kier molecular flexibility index (Phi) is 3.51. The molecule has 20 heavy (non-hydrogen) atoms. The van der Waals surface area contributed by atoms with Crippen LogP contribution in [0, 0.1) is 17.5 Å². The number of phenolic OH excluding ortho intramolecular Hbond substituents is 1. The molecule has 0 unspecified atom stereocenters. The monoisotopic (exact) mass is 282 g/mol. The number of rotatable bonds is 2. The summed E-state index contributed by atoms with van der Waals surface area (Å²) in [5.74, 6) is -5.53. The number of carbonyl (C=O) groups is 1. The lowest BCUT2D eigenvalue weighted by molar-refractivity contribution is 0.102. The maximum absolute atomic E-state index is 13.0. The Labute approximate surface area is 111 Å². The van der Waals surface area contributed by atoms with Crippen LogP contribution >= 0.6 is 0 Å². The Bertz CT molecular complexity index is 666. The molecule has 0 aliphatic heterocycles. The molecular weight excluding hydrogens is 273 g/mol. The van der Waals surface area contributed by atoms with Crippen LogP contribution in [-0.2, 0) is 0 Å². The fraction of sp³-hybridized carbons (Fsp3) is 0. The quantitative estimate of drug-likeness (QED) is 0.450. The number of hydrogen-bond donors (Lipinski definition) is 3. The van der Waals surface area contributed by atoms with Gasteiger partial charge < -0.3 is 16.2 Å². The summed E-state index contributed by atoms with van der Waals surface area (Å²) in [6.07, 6.45) is 0. The number of amides is 1. The van der Waals surface area contributed by atoms with Crippen LogP contribution in [0.2, 0.25) is 0 Å². The van der Waals surface area contributed by atoms with Gasteiger partial charge in [-0.05, 0) is 24.3 Å². The highest BCUT2D eigenvalue weighted by molar-refractivity contribution is 6.05. The second kappa shape index (κ2) is 5.12. The molecule has 0 aliphatic rings. The summed E-state index contributed by atoms with van der Waals surface area (Å²) in [4.78, 5) is 11.8. The van der Waals surface area contributed by atoms with Gasteiger partial charge in [0.1, 0.15) is 5.75 Å². The summed E-state index contributed by atoms with van der Waals surface area (Å²) in [5.41, 5.74) is 5.38. The van der Waals surface area contributed by atoms with Gasteiger partial charge in [0.25, 0.3) is 5.91 Å². The predicted octanol–water partition coefficient (Wildman–Crippen LogP) is 2.64. The van der Waals surface area contributed by atoms with Crippen LogP contribution in [0.15, 0.2) is 30.3 Å². The number of carbonyl (C=O) groups excluding carboxylic acids is 1. The second-order valence-corrected chi connectivity index (χ2v) is 3.98. The zero-order chi connectivity index (χ0) is 14.9. The van der Waals surface area contributed by atoms with E-state index in [4.69, 9.17) is 10.8 Å². The zero-order valence-corrected chi connectivity index (χ0v) is 9.95. The van der Waals surface area contributed by atoms with Gasteiger partial charge in [-0.25, -0.2) is 13.2 Å². The molecule has 0 aliphatic carbocycles. The van der Waals surface area contributed by atoms with E-state index >= 15 is 0 Å². The summed E-state index contributed by atoms with van der Waals surface area (Å²) >= 11 is 0. The van der Waals surface area contributed by atoms with Crippen molar-refractivity contribution in [2.24, 2.45) is 0 Å². The molecule has 0 saturated carbocycles. The molecule has 104 valence electrons. The fourth-order valence-corrected chi connectivity index (χ4v) is 1.55. The predicted molar refractivity (Wildman–Crippen MR) is 66.8 cm³/mol. The van der Waals surface area contributed by atoms with E-state index in [0.717, 1.165) is 0 Å². The Hall–Kier alpha value is -2.70. The van der Waals surface area contributed by atoms with Gasteiger partial charge in [0, 0.05) is 11.6 Å². The molecule has 4 N–H and O–H groups in total. The number of anilines is 2. The SMILES string of the molecule is Nc1cc(O)ccc1NC(=O)c1cc(F)c(F)c(F)c1. The van der Waals surface area contributed by atoms with Crippen molar-refractivity contribution in [3.05, 3.63) is 53.3 Å². The van der Waals surface area contributed by atoms with Crippen LogP contribution in [0.4, 0.5) is 24.5 Å². The molecule has 4 nitrogen and oxygen atoms in total. The third kappa shape index (κ3) is 2.66. The minimum atomic E-state index is -1.65. The first-order valence-corrected chi connectivity index (χ1v) is 5.43. The normalized spacial score (nSPS) is 10.3. The third-order valence-electron chi connectivity index (χ3n) is 2.53. The van der Waals surface area contributed by atoms with Crippen LogP contribution < -0.4 is 11.1 Å². The first-order chi connectivity index (χ1) is 9.38. The Balaban J connectivity index is 2.28. The van der Waals surface area contributed by atoms with E-state index in [0.29, 0.717) is 12.1 Å². The number of nitrogen functional groups attached to an aromatic ring is 1. The summed E-state index contributed by atoms with van der Waals surface area (Å²) in [6.45, 7) is 0. The summed E-state index contributed by atoms with van der Waals surface area (Å²) in [6, 6.07) is 4.94. The van der Waals surface area contributed by atoms with Crippen LogP contribution in [0.3, 0.4) is 0 Å². The topological polar surface area (TPSA) is 75.3 Å². The van der Waals surface area contributed by atoms with Crippen molar-refractivity contribution in [2.75, 3.05) is 11.1 Å². The van der Waals surface area contributed by atoms with E-state index in [-0.39, 0.29) is 17.1 Å². The van der Waals surface area contributed by atoms with Gasteiger partial charge in [0.2, 0.25) is 0 Å². The fourth-order valence-electron chi connectivity index (χ4n) is 1.55. The molecule has 0 aromatic heterocycles. The standard InChI is InChI=1S/C13H9F3N2O2/c14-8-3-6(4-9(15)12(8)16)13(20)18-11-2-1-7(19)5-10(11)17/h1-5,19H,17H2,(H,18,20). The summed E-state index contributed by atoms with van der Waals surface area (Å²) in [5, 5.41) is 11.5. The lowest BCUT2D eigenvalue weighted by Gasteiger charge is -2.09. The largest absolute Gasteiger partial charge is 0.508 e. The van der Waals surface area contributed by atoms with Crippen LogP contribution in [0.25, 0.3) is 0 Å². The second-order valence-electron chi connectivity index (χ2n) is 3.98. The molecule has 0 heterocycles. The van der Waals surface area contributed by atoms with E-state index < -0.39 is 28.9 Å². The van der Waals surface area contributed by atoms with Crippen LogP contribution in [-0.4, -0.2) is 11.0 Å². The highest BCUT2D eigenvalue weighted by Gasteiger charge is 2.15. The number of halogens is 3. The maximum Gasteiger partial charge on any atom is 0.255 e. The average molecular weight is 282 g/mol. The van der Waals surface area contributed by atoms with Gasteiger partial charge in [-0.2, -0.15) is 0 Å². The molecule has 1 amide bonds. The molecule has 2 aromatic rings. The van der Waals surface area contributed by atoms with Crippen LogP contribution in [0.5, 0.6) is 5.75 Å². The van der Waals surface area contributed by atoms with E-state index in [9.17, 15) is 18.0 Å². The van der Waals surface area contributed by atoms with Gasteiger partial charge in [-0.3, -0.25) is 4.79 Å². The van der Waals surface area contributed by atoms with Crippen molar-refractivity contribution in [2.45, 2.75) is 0 Å². The van der Waals surface area contributed by atoms with Crippen molar-refractivity contribution in [1.29, 1.82) is 0 Å². The Morgan fingerprint density at radius 3 is 2.25 bits per heavy atom. The van der Waals surface area contributed by atoms with Gasteiger partial charge in [0.15, 0.2) is 17.5 Å². The molecule has 2 rings (SSSR count).